The van der Waals surface area contributed by atoms with E-state index in [1.807, 2.05) is 54.6 Å². The number of aromatic nitrogens is 2. The molecule has 26 heavy (non-hydrogen) atoms. The molecule has 1 aliphatic rings. The van der Waals surface area contributed by atoms with Crippen molar-refractivity contribution in [3.8, 4) is 5.69 Å². The third kappa shape index (κ3) is 3.54. The van der Waals surface area contributed by atoms with Gasteiger partial charge in [0, 0.05) is 12.5 Å². The van der Waals surface area contributed by atoms with Crippen LogP contribution in [0.2, 0.25) is 0 Å². The largest absolute Gasteiger partial charge is 0.350 e. The lowest BCUT2D eigenvalue weighted by Gasteiger charge is -2.13. The van der Waals surface area contributed by atoms with Crippen molar-refractivity contribution in [3.05, 3.63) is 83.7 Å². The third-order valence-electron chi connectivity index (χ3n) is 4.89. The molecular weight excluding hydrogens is 322 g/mol. The Bertz CT molecular complexity index is 882. The van der Waals surface area contributed by atoms with E-state index in [1.165, 1.54) is 5.56 Å². The Kier molecular flexibility index (Phi) is 4.57. The highest BCUT2D eigenvalue weighted by Gasteiger charge is 2.29. The predicted molar refractivity (Wildman–Crippen MR) is 103 cm³/mol. The van der Waals surface area contributed by atoms with Gasteiger partial charge in [-0.15, -0.1) is 0 Å². The number of para-hydroxylation sites is 1. The quantitative estimate of drug-likeness (QED) is 0.725. The zero-order valence-electron chi connectivity index (χ0n) is 14.9. The zero-order valence-corrected chi connectivity index (χ0v) is 14.9. The molecule has 4 nitrogen and oxygen atoms in total. The van der Waals surface area contributed by atoms with Crippen molar-refractivity contribution in [3.63, 3.8) is 0 Å². The second-order valence-electron chi connectivity index (χ2n) is 7.00. The van der Waals surface area contributed by atoms with E-state index in [-0.39, 0.29) is 11.8 Å². The standard InChI is InChI=1S/C22H23N3O/c1-16(17-8-4-2-5-9-17)15-23-22(26)21-14-20(18-12-13-18)24-25(21)19-10-6-3-7-11-19/h2-11,14,16,18H,12-13,15H2,1H3,(H,23,26)/t16-/m0/s1. The Morgan fingerprint density at radius 2 is 1.77 bits per heavy atom. The summed E-state index contributed by atoms with van der Waals surface area (Å²) >= 11 is 0. The van der Waals surface area contributed by atoms with Gasteiger partial charge in [0.1, 0.15) is 5.69 Å². The molecule has 1 atom stereocenters. The molecule has 132 valence electrons. The Morgan fingerprint density at radius 3 is 2.42 bits per heavy atom. The molecule has 2 aromatic carbocycles. The van der Waals surface area contributed by atoms with E-state index in [2.05, 4.69) is 24.4 Å². The summed E-state index contributed by atoms with van der Waals surface area (Å²) < 4.78 is 1.77. The SMILES string of the molecule is C[C@@H](CNC(=O)c1cc(C2CC2)nn1-c1ccccc1)c1ccccc1. The van der Waals surface area contributed by atoms with Gasteiger partial charge in [0.25, 0.3) is 5.91 Å². The fraction of sp³-hybridized carbons (Fsp3) is 0.273. The highest BCUT2D eigenvalue weighted by Crippen LogP contribution is 2.39. The minimum absolute atomic E-state index is 0.0731. The molecular formula is C22H23N3O. The number of carbonyl (C=O) groups excluding carboxylic acids is 1. The summed E-state index contributed by atoms with van der Waals surface area (Å²) in [7, 11) is 0. The van der Waals surface area contributed by atoms with E-state index in [4.69, 9.17) is 5.10 Å². The van der Waals surface area contributed by atoms with Gasteiger partial charge in [-0.25, -0.2) is 4.68 Å². The lowest BCUT2D eigenvalue weighted by molar-refractivity contribution is 0.0944. The highest BCUT2D eigenvalue weighted by atomic mass is 16.2. The highest BCUT2D eigenvalue weighted by molar-refractivity contribution is 5.93. The zero-order chi connectivity index (χ0) is 17.9. The maximum absolute atomic E-state index is 12.9. The molecule has 1 saturated carbocycles. The van der Waals surface area contributed by atoms with Crippen molar-refractivity contribution >= 4 is 5.91 Å². The van der Waals surface area contributed by atoms with Gasteiger partial charge in [0.15, 0.2) is 0 Å². The summed E-state index contributed by atoms with van der Waals surface area (Å²) in [6.07, 6.45) is 2.33. The number of carbonyl (C=O) groups is 1. The Balaban J connectivity index is 1.53. The van der Waals surface area contributed by atoms with E-state index in [1.54, 1.807) is 4.68 Å². The number of amides is 1. The van der Waals surface area contributed by atoms with Gasteiger partial charge in [0.05, 0.1) is 11.4 Å². The minimum atomic E-state index is -0.0731. The van der Waals surface area contributed by atoms with Gasteiger partial charge >= 0.3 is 0 Å². The molecule has 0 radical (unpaired) electrons. The number of rotatable bonds is 6. The van der Waals surface area contributed by atoms with Crippen molar-refractivity contribution < 1.29 is 4.79 Å². The Labute approximate surface area is 153 Å². The van der Waals surface area contributed by atoms with Crippen molar-refractivity contribution in [2.24, 2.45) is 0 Å². The van der Waals surface area contributed by atoms with Crippen LogP contribution in [0.15, 0.2) is 66.7 Å². The van der Waals surface area contributed by atoms with Crippen LogP contribution in [0.5, 0.6) is 0 Å². The molecule has 1 aromatic heterocycles. The summed E-state index contributed by atoms with van der Waals surface area (Å²) in [5.41, 5.74) is 3.78. The summed E-state index contributed by atoms with van der Waals surface area (Å²) in [5, 5.41) is 7.78. The van der Waals surface area contributed by atoms with Crippen LogP contribution < -0.4 is 5.32 Å². The fourth-order valence-electron chi connectivity index (χ4n) is 3.14. The molecule has 1 N–H and O–H groups in total. The van der Waals surface area contributed by atoms with E-state index in [0.717, 1.165) is 24.2 Å². The molecule has 0 saturated heterocycles. The van der Waals surface area contributed by atoms with Crippen molar-refractivity contribution in [1.29, 1.82) is 0 Å². The number of hydrogen-bond acceptors (Lipinski definition) is 2. The van der Waals surface area contributed by atoms with Crippen LogP contribution in [-0.4, -0.2) is 22.2 Å². The summed E-state index contributed by atoms with van der Waals surface area (Å²) in [6.45, 7) is 2.72. The van der Waals surface area contributed by atoms with Gasteiger partial charge in [0.2, 0.25) is 0 Å². The number of benzene rings is 2. The minimum Gasteiger partial charge on any atom is -0.350 e. The Hall–Kier alpha value is -2.88. The molecule has 1 heterocycles. The number of hydrogen-bond donors (Lipinski definition) is 1. The number of nitrogens with one attached hydrogen (secondary N) is 1. The van der Waals surface area contributed by atoms with E-state index in [0.29, 0.717) is 18.2 Å². The van der Waals surface area contributed by atoms with Crippen molar-refractivity contribution in [2.75, 3.05) is 6.54 Å². The summed E-state index contributed by atoms with van der Waals surface area (Å²) in [6, 6.07) is 22.1. The lowest BCUT2D eigenvalue weighted by atomic mass is 10.0. The van der Waals surface area contributed by atoms with Gasteiger partial charge in [-0.1, -0.05) is 55.5 Å². The van der Waals surface area contributed by atoms with Gasteiger partial charge in [-0.2, -0.15) is 5.10 Å². The van der Waals surface area contributed by atoms with Crippen LogP contribution in [0.4, 0.5) is 0 Å². The van der Waals surface area contributed by atoms with E-state index in [9.17, 15) is 4.79 Å². The first-order valence-corrected chi connectivity index (χ1v) is 9.21. The molecule has 3 aromatic rings. The second-order valence-corrected chi connectivity index (χ2v) is 7.00. The van der Waals surface area contributed by atoms with Crippen LogP contribution in [0.25, 0.3) is 5.69 Å². The fourth-order valence-corrected chi connectivity index (χ4v) is 3.14. The molecule has 1 aliphatic carbocycles. The average molecular weight is 345 g/mol. The van der Waals surface area contributed by atoms with Gasteiger partial charge in [-0.3, -0.25) is 4.79 Å². The molecule has 1 amide bonds. The monoisotopic (exact) mass is 345 g/mol. The maximum atomic E-state index is 12.9. The summed E-state index contributed by atoms with van der Waals surface area (Å²) in [4.78, 5) is 12.9. The molecule has 0 spiro atoms. The van der Waals surface area contributed by atoms with E-state index < -0.39 is 0 Å². The van der Waals surface area contributed by atoms with Crippen LogP contribution in [0, 0.1) is 0 Å². The van der Waals surface area contributed by atoms with Crippen LogP contribution >= 0.6 is 0 Å². The summed E-state index contributed by atoms with van der Waals surface area (Å²) in [5.74, 6) is 0.696. The smallest absolute Gasteiger partial charge is 0.270 e. The van der Waals surface area contributed by atoms with Crippen molar-refractivity contribution in [1.82, 2.24) is 15.1 Å². The Morgan fingerprint density at radius 1 is 1.12 bits per heavy atom. The molecule has 4 rings (SSSR count). The molecule has 1 fully saturated rings. The van der Waals surface area contributed by atoms with Crippen molar-refractivity contribution in [2.45, 2.75) is 31.6 Å². The van der Waals surface area contributed by atoms with E-state index >= 15 is 0 Å². The topological polar surface area (TPSA) is 46.9 Å². The predicted octanol–water partition coefficient (Wildman–Crippen LogP) is 4.28. The lowest BCUT2D eigenvalue weighted by Crippen LogP contribution is -2.29. The first-order valence-electron chi connectivity index (χ1n) is 9.21. The molecule has 0 bridgehead atoms. The van der Waals surface area contributed by atoms with Crippen LogP contribution in [-0.2, 0) is 0 Å². The number of nitrogens with zero attached hydrogens (tertiary/aromatic N) is 2. The first-order chi connectivity index (χ1) is 12.7. The average Bonchev–Trinajstić information content (AvgIpc) is 3.45. The van der Waals surface area contributed by atoms with Crippen LogP contribution in [0.3, 0.4) is 0 Å². The maximum Gasteiger partial charge on any atom is 0.270 e. The molecule has 0 unspecified atom stereocenters. The van der Waals surface area contributed by atoms with Gasteiger partial charge < -0.3 is 5.32 Å². The second kappa shape index (κ2) is 7.16. The van der Waals surface area contributed by atoms with Crippen LogP contribution in [0.1, 0.15) is 53.3 Å². The molecule has 0 aliphatic heterocycles. The molecule has 4 heteroatoms. The first kappa shape index (κ1) is 16.6. The normalized spacial score (nSPS) is 14.8. The third-order valence-corrected chi connectivity index (χ3v) is 4.89. The van der Waals surface area contributed by atoms with Gasteiger partial charge in [-0.05, 0) is 42.5 Å².